The minimum absolute atomic E-state index is 0.674. The monoisotopic (exact) mass is 340 g/mol. The molecule has 0 atom stereocenters. The number of pyridine rings is 1. The van der Waals surface area contributed by atoms with E-state index >= 15 is 0 Å². The van der Waals surface area contributed by atoms with Crippen molar-refractivity contribution in [2.45, 2.75) is 26.3 Å². The van der Waals surface area contributed by atoms with Gasteiger partial charge in [-0.3, -0.25) is 4.40 Å². The predicted molar refractivity (Wildman–Crippen MR) is 105 cm³/mol. The third kappa shape index (κ3) is 2.78. The van der Waals surface area contributed by atoms with Crippen LogP contribution >= 0.6 is 0 Å². The Morgan fingerprint density at radius 3 is 2.62 bits per heavy atom. The van der Waals surface area contributed by atoms with Gasteiger partial charge in [0.25, 0.3) is 0 Å². The Kier molecular flexibility index (Phi) is 4.28. The van der Waals surface area contributed by atoms with E-state index in [4.69, 9.17) is 4.98 Å². The molecular weight excluding hydrogens is 320 g/mol. The van der Waals surface area contributed by atoms with Crippen molar-refractivity contribution in [1.82, 2.24) is 9.38 Å². The summed E-state index contributed by atoms with van der Waals surface area (Å²) in [6.07, 6.45) is 1.85. The average Bonchev–Trinajstić information content (AvgIpc) is 3.07. The molecule has 26 heavy (non-hydrogen) atoms. The molecule has 4 nitrogen and oxygen atoms in total. The van der Waals surface area contributed by atoms with Gasteiger partial charge >= 0.3 is 0 Å². The molecule has 0 aliphatic carbocycles. The van der Waals surface area contributed by atoms with Crippen LogP contribution in [0.4, 0.5) is 5.82 Å². The van der Waals surface area contributed by atoms with E-state index < -0.39 is 0 Å². The minimum Gasteiger partial charge on any atom is -0.367 e. The molecule has 1 N–H and O–H groups in total. The summed E-state index contributed by atoms with van der Waals surface area (Å²) in [6.45, 7) is 2.85. The highest BCUT2D eigenvalue weighted by atomic mass is 15.1. The normalized spacial score (nSPS) is 10.9. The number of hydrogen-bond acceptors (Lipinski definition) is 3. The Hall–Kier alpha value is -3.32. The first-order valence-corrected chi connectivity index (χ1v) is 8.92. The second kappa shape index (κ2) is 6.89. The third-order valence-electron chi connectivity index (χ3n) is 4.60. The second-order valence-corrected chi connectivity index (χ2v) is 6.39. The number of rotatable bonds is 5. The molecule has 2 aromatic heterocycles. The quantitative estimate of drug-likeness (QED) is 0.561. The number of nitriles is 1. The van der Waals surface area contributed by atoms with Crippen LogP contribution < -0.4 is 5.32 Å². The van der Waals surface area contributed by atoms with Gasteiger partial charge in [-0.1, -0.05) is 55.8 Å². The van der Waals surface area contributed by atoms with Crippen LogP contribution in [0.1, 0.15) is 30.0 Å². The standard InChI is InChI=1S/C22H20N4/c1-2-8-17-13-21(24-15-16-9-4-3-5-10-16)26-20-12-7-6-11-19(20)25-22(26)18(17)14-23/h3-7,9-13,24H,2,8,15H2,1H3. The lowest BCUT2D eigenvalue weighted by Crippen LogP contribution is -2.07. The summed E-state index contributed by atoms with van der Waals surface area (Å²) in [5, 5.41) is 13.3. The van der Waals surface area contributed by atoms with Gasteiger partial charge in [0.1, 0.15) is 11.9 Å². The van der Waals surface area contributed by atoms with Crippen LogP contribution in [0, 0.1) is 11.3 Å². The van der Waals surface area contributed by atoms with Crippen LogP contribution in [0.5, 0.6) is 0 Å². The van der Waals surface area contributed by atoms with Crippen molar-refractivity contribution < 1.29 is 0 Å². The van der Waals surface area contributed by atoms with Gasteiger partial charge in [-0.05, 0) is 35.7 Å². The molecular formula is C22H20N4. The summed E-state index contributed by atoms with van der Waals surface area (Å²) < 4.78 is 2.07. The highest BCUT2D eigenvalue weighted by Gasteiger charge is 2.16. The zero-order valence-corrected chi connectivity index (χ0v) is 14.7. The molecule has 0 saturated carbocycles. The van der Waals surface area contributed by atoms with Crippen LogP contribution in [0.2, 0.25) is 0 Å². The maximum absolute atomic E-state index is 9.74. The van der Waals surface area contributed by atoms with Gasteiger partial charge in [0, 0.05) is 6.54 Å². The Balaban J connectivity index is 1.90. The largest absolute Gasteiger partial charge is 0.367 e. The molecule has 0 amide bonds. The fraction of sp³-hybridized carbons (Fsp3) is 0.182. The lowest BCUT2D eigenvalue weighted by Gasteiger charge is -2.14. The molecule has 0 aliphatic rings. The van der Waals surface area contributed by atoms with Crippen molar-refractivity contribution >= 4 is 22.5 Å². The first kappa shape index (κ1) is 16.2. The predicted octanol–water partition coefficient (Wildman–Crippen LogP) is 4.92. The summed E-state index contributed by atoms with van der Waals surface area (Å²) >= 11 is 0. The zero-order chi connectivity index (χ0) is 17.9. The molecule has 0 radical (unpaired) electrons. The topological polar surface area (TPSA) is 53.1 Å². The number of hydrogen-bond donors (Lipinski definition) is 1. The minimum atomic E-state index is 0.674. The first-order chi connectivity index (χ1) is 12.8. The van der Waals surface area contributed by atoms with Crippen molar-refractivity contribution in [3.8, 4) is 6.07 Å². The molecule has 128 valence electrons. The molecule has 0 spiro atoms. The number of nitrogens with zero attached hydrogens (tertiary/aromatic N) is 3. The van der Waals surface area contributed by atoms with Gasteiger partial charge < -0.3 is 5.32 Å². The molecule has 0 bridgehead atoms. The molecule has 0 unspecified atom stereocenters. The summed E-state index contributed by atoms with van der Waals surface area (Å²) in [6, 6.07) is 22.8. The van der Waals surface area contributed by atoms with Crippen molar-refractivity contribution in [2.24, 2.45) is 0 Å². The maximum Gasteiger partial charge on any atom is 0.157 e. The molecule has 4 aromatic rings. The van der Waals surface area contributed by atoms with Crippen molar-refractivity contribution in [3.05, 3.63) is 77.4 Å². The maximum atomic E-state index is 9.74. The van der Waals surface area contributed by atoms with Gasteiger partial charge in [0.2, 0.25) is 0 Å². The van der Waals surface area contributed by atoms with Crippen LogP contribution in [-0.2, 0) is 13.0 Å². The van der Waals surface area contributed by atoms with E-state index in [1.165, 1.54) is 5.56 Å². The van der Waals surface area contributed by atoms with E-state index in [0.717, 1.165) is 47.4 Å². The summed E-state index contributed by atoms with van der Waals surface area (Å²) in [5.74, 6) is 0.972. The van der Waals surface area contributed by atoms with E-state index in [1.807, 2.05) is 42.5 Å². The number of nitrogens with one attached hydrogen (secondary N) is 1. The van der Waals surface area contributed by atoms with E-state index in [9.17, 15) is 5.26 Å². The zero-order valence-electron chi connectivity index (χ0n) is 14.7. The highest BCUT2D eigenvalue weighted by molar-refractivity contribution is 5.85. The highest BCUT2D eigenvalue weighted by Crippen LogP contribution is 2.28. The van der Waals surface area contributed by atoms with E-state index in [1.54, 1.807) is 0 Å². The Morgan fingerprint density at radius 2 is 1.85 bits per heavy atom. The van der Waals surface area contributed by atoms with Crippen molar-refractivity contribution in [3.63, 3.8) is 0 Å². The van der Waals surface area contributed by atoms with Crippen LogP contribution in [0.15, 0.2) is 60.7 Å². The lowest BCUT2D eigenvalue weighted by molar-refractivity contribution is 0.913. The lowest BCUT2D eigenvalue weighted by atomic mass is 10.1. The third-order valence-corrected chi connectivity index (χ3v) is 4.60. The molecule has 0 aliphatic heterocycles. The Morgan fingerprint density at radius 1 is 1.08 bits per heavy atom. The number of fused-ring (bicyclic) bond motifs is 3. The van der Waals surface area contributed by atoms with E-state index in [-0.39, 0.29) is 0 Å². The van der Waals surface area contributed by atoms with Gasteiger partial charge in [0.05, 0.1) is 16.6 Å². The van der Waals surface area contributed by atoms with Crippen molar-refractivity contribution in [2.75, 3.05) is 5.32 Å². The van der Waals surface area contributed by atoms with Gasteiger partial charge in [-0.25, -0.2) is 4.98 Å². The summed E-state index contributed by atoms with van der Waals surface area (Å²) in [4.78, 5) is 4.74. The second-order valence-electron chi connectivity index (χ2n) is 6.39. The molecule has 2 aromatic carbocycles. The number of anilines is 1. The SMILES string of the molecule is CCCc1cc(NCc2ccccc2)n2c(nc3ccccc32)c1C#N. The Labute approximate surface area is 152 Å². The average molecular weight is 340 g/mol. The molecule has 0 fully saturated rings. The van der Waals surface area contributed by atoms with Crippen molar-refractivity contribution in [1.29, 1.82) is 5.26 Å². The molecule has 0 saturated heterocycles. The van der Waals surface area contributed by atoms with E-state index in [2.05, 4.69) is 40.9 Å². The molecule has 2 heterocycles. The van der Waals surface area contributed by atoms with Gasteiger partial charge in [-0.15, -0.1) is 0 Å². The van der Waals surface area contributed by atoms with Crippen LogP contribution in [0.25, 0.3) is 16.7 Å². The summed E-state index contributed by atoms with van der Waals surface area (Å²) in [5.41, 5.74) is 5.58. The smallest absolute Gasteiger partial charge is 0.157 e. The van der Waals surface area contributed by atoms with Gasteiger partial charge in [0.15, 0.2) is 5.65 Å². The number of benzene rings is 2. The first-order valence-electron chi connectivity index (χ1n) is 8.92. The number of aryl methyl sites for hydroxylation is 1. The number of para-hydroxylation sites is 2. The van der Waals surface area contributed by atoms with Gasteiger partial charge in [-0.2, -0.15) is 5.26 Å². The fourth-order valence-electron chi connectivity index (χ4n) is 3.39. The fourth-order valence-corrected chi connectivity index (χ4v) is 3.39. The van der Waals surface area contributed by atoms with Crippen LogP contribution in [0.3, 0.4) is 0 Å². The van der Waals surface area contributed by atoms with Crippen LogP contribution in [-0.4, -0.2) is 9.38 Å². The Bertz CT molecular complexity index is 1100. The molecule has 4 heteroatoms. The number of aromatic nitrogens is 2. The number of imidazole rings is 1. The summed E-state index contributed by atoms with van der Waals surface area (Å²) in [7, 11) is 0. The molecule has 4 rings (SSSR count). The van der Waals surface area contributed by atoms with E-state index in [0.29, 0.717) is 5.56 Å².